The second kappa shape index (κ2) is 10.6. The molecule has 0 heterocycles. The van der Waals surface area contributed by atoms with E-state index in [1.807, 2.05) is 0 Å². The Bertz CT molecular complexity index is 927. The van der Waals surface area contributed by atoms with Crippen LogP contribution >= 0.6 is 0 Å². The lowest BCUT2D eigenvalue weighted by atomic mass is 10.1. The molecule has 2 aromatic carbocycles. The van der Waals surface area contributed by atoms with Gasteiger partial charge in [-0.15, -0.1) is 0 Å². The summed E-state index contributed by atoms with van der Waals surface area (Å²) >= 11 is 0. The van der Waals surface area contributed by atoms with Gasteiger partial charge < -0.3 is 26.3 Å². The molecule has 0 aliphatic heterocycles. The van der Waals surface area contributed by atoms with E-state index in [-0.39, 0.29) is 31.3 Å². The lowest BCUT2D eigenvalue weighted by molar-refractivity contribution is -0.143. The van der Waals surface area contributed by atoms with Crippen LogP contribution in [0, 0.1) is 10.8 Å². The highest BCUT2D eigenvalue weighted by atomic mass is 16.5. The summed E-state index contributed by atoms with van der Waals surface area (Å²) in [5, 5.41) is 17.7. The first-order valence-corrected chi connectivity index (χ1v) is 9.28. The van der Waals surface area contributed by atoms with Crippen LogP contribution in [0.4, 0.5) is 0 Å². The van der Waals surface area contributed by atoms with E-state index >= 15 is 0 Å². The van der Waals surface area contributed by atoms with Crippen LogP contribution in [0.2, 0.25) is 0 Å². The van der Waals surface area contributed by atoms with E-state index in [9.17, 15) is 9.59 Å². The number of amides is 1. The highest BCUT2D eigenvalue weighted by molar-refractivity contribution is 5.98. The van der Waals surface area contributed by atoms with Crippen LogP contribution in [0.25, 0.3) is 0 Å². The Labute approximate surface area is 174 Å². The maximum atomic E-state index is 12.6. The fourth-order valence-electron chi connectivity index (χ4n) is 2.59. The number of ether oxygens (including phenoxy) is 2. The number of hydrogen-bond acceptors (Lipinski definition) is 6. The zero-order valence-electron chi connectivity index (χ0n) is 16.6. The molecule has 2 rings (SSSR count). The second-order valence-corrected chi connectivity index (χ2v) is 6.42. The average molecular weight is 411 g/mol. The molecule has 2 aromatic rings. The molecule has 0 radical (unpaired) electrons. The van der Waals surface area contributed by atoms with E-state index in [4.69, 9.17) is 31.8 Å². The Hall–Kier alpha value is -3.88. The van der Waals surface area contributed by atoms with Crippen LogP contribution in [0.5, 0.6) is 5.75 Å². The minimum Gasteiger partial charge on any atom is -0.491 e. The maximum absolute atomic E-state index is 12.6. The summed E-state index contributed by atoms with van der Waals surface area (Å²) in [6, 6.07) is 12.3. The van der Waals surface area contributed by atoms with Gasteiger partial charge >= 0.3 is 5.97 Å². The number of rotatable bonds is 10. The van der Waals surface area contributed by atoms with Gasteiger partial charge in [-0.05, 0) is 31.2 Å². The summed E-state index contributed by atoms with van der Waals surface area (Å²) in [7, 11) is 0. The predicted octanol–water partition coefficient (Wildman–Crippen LogP) is 1.39. The third kappa shape index (κ3) is 6.62. The number of carbonyl (C=O) groups is 2. The van der Waals surface area contributed by atoms with Gasteiger partial charge in [0.05, 0.1) is 19.1 Å². The first-order chi connectivity index (χ1) is 14.3. The molecule has 0 bridgehead atoms. The van der Waals surface area contributed by atoms with E-state index in [1.165, 1.54) is 0 Å². The van der Waals surface area contributed by atoms with E-state index in [1.54, 1.807) is 55.5 Å². The molecule has 7 N–H and O–H groups in total. The summed E-state index contributed by atoms with van der Waals surface area (Å²) < 4.78 is 10.7. The molecule has 0 unspecified atom stereocenters. The van der Waals surface area contributed by atoms with Gasteiger partial charge in [0, 0.05) is 16.7 Å². The molecule has 0 aliphatic carbocycles. The SMILES string of the molecule is CCOC(=O)C[C@H](COc1cccc(C(=N)N)c1)NC(=O)c1ccc(C(=N)N)cc1. The fraction of sp³-hybridized carbons (Fsp3) is 0.238. The molecular weight excluding hydrogens is 386 g/mol. The minimum atomic E-state index is -0.648. The van der Waals surface area contributed by atoms with Gasteiger partial charge in [0.1, 0.15) is 24.0 Å². The third-order valence-corrected chi connectivity index (χ3v) is 4.11. The number of nitrogen functional groups attached to an aromatic ring is 2. The molecule has 0 aliphatic rings. The number of nitrogens with one attached hydrogen (secondary N) is 3. The topological polar surface area (TPSA) is 164 Å². The van der Waals surface area contributed by atoms with Crippen LogP contribution in [-0.4, -0.2) is 42.8 Å². The van der Waals surface area contributed by atoms with Gasteiger partial charge in [-0.3, -0.25) is 20.4 Å². The van der Waals surface area contributed by atoms with Gasteiger partial charge in [-0.1, -0.05) is 24.3 Å². The smallest absolute Gasteiger partial charge is 0.307 e. The summed E-state index contributed by atoms with van der Waals surface area (Å²) in [5.41, 5.74) is 12.3. The van der Waals surface area contributed by atoms with Crippen molar-refractivity contribution < 1.29 is 19.1 Å². The van der Waals surface area contributed by atoms with Gasteiger partial charge in [0.2, 0.25) is 0 Å². The van der Waals surface area contributed by atoms with Crippen LogP contribution in [-0.2, 0) is 9.53 Å². The largest absolute Gasteiger partial charge is 0.491 e. The molecular formula is C21H25N5O4. The molecule has 30 heavy (non-hydrogen) atoms. The van der Waals surface area contributed by atoms with Gasteiger partial charge in [-0.25, -0.2) is 0 Å². The lowest BCUT2D eigenvalue weighted by Crippen LogP contribution is -2.41. The van der Waals surface area contributed by atoms with Crippen molar-refractivity contribution in [2.45, 2.75) is 19.4 Å². The van der Waals surface area contributed by atoms with Crippen molar-refractivity contribution in [1.29, 1.82) is 10.8 Å². The van der Waals surface area contributed by atoms with Crippen molar-refractivity contribution in [3.05, 3.63) is 65.2 Å². The third-order valence-electron chi connectivity index (χ3n) is 4.11. The first kappa shape index (κ1) is 22.4. The predicted molar refractivity (Wildman–Crippen MR) is 113 cm³/mol. The minimum absolute atomic E-state index is 0.0114. The zero-order chi connectivity index (χ0) is 22.1. The highest BCUT2D eigenvalue weighted by Crippen LogP contribution is 2.14. The molecule has 0 saturated heterocycles. The number of hydrogen-bond donors (Lipinski definition) is 5. The number of benzene rings is 2. The van der Waals surface area contributed by atoms with Crippen molar-refractivity contribution >= 4 is 23.5 Å². The monoisotopic (exact) mass is 411 g/mol. The van der Waals surface area contributed by atoms with Crippen LogP contribution in [0.3, 0.4) is 0 Å². The molecule has 9 heteroatoms. The molecule has 0 aromatic heterocycles. The van der Waals surface area contributed by atoms with Crippen molar-refractivity contribution in [1.82, 2.24) is 5.32 Å². The summed E-state index contributed by atoms with van der Waals surface area (Å²) in [6.45, 7) is 1.94. The molecule has 9 nitrogen and oxygen atoms in total. The Balaban J connectivity index is 2.09. The number of carbonyl (C=O) groups excluding carboxylic acids is 2. The van der Waals surface area contributed by atoms with E-state index < -0.39 is 17.9 Å². The molecule has 0 spiro atoms. The normalized spacial score (nSPS) is 11.2. The van der Waals surface area contributed by atoms with E-state index in [0.717, 1.165) is 0 Å². The molecule has 1 atom stereocenters. The number of esters is 1. The van der Waals surface area contributed by atoms with Crippen LogP contribution in [0.1, 0.15) is 34.8 Å². The lowest BCUT2D eigenvalue weighted by Gasteiger charge is -2.19. The van der Waals surface area contributed by atoms with Gasteiger partial charge in [0.15, 0.2) is 0 Å². The Morgan fingerprint density at radius 2 is 1.63 bits per heavy atom. The Morgan fingerprint density at radius 3 is 2.23 bits per heavy atom. The second-order valence-electron chi connectivity index (χ2n) is 6.42. The summed E-state index contributed by atoms with van der Waals surface area (Å²) in [4.78, 5) is 24.5. The molecule has 0 saturated carbocycles. The van der Waals surface area contributed by atoms with Crippen molar-refractivity contribution in [3.8, 4) is 5.75 Å². The van der Waals surface area contributed by atoms with E-state index in [0.29, 0.717) is 22.4 Å². The van der Waals surface area contributed by atoms with E-state index in [2.05, 4.69) is 5.32 Å². The van der Waals surface area contributed by atoms with Crippen LogP contribution < -0.4 is 21.5 Å². The standard InChI is InChI=1S/C21H25N5O4/c1-2-29-18(27)11-16(12-30-17-5-3-4-15(10-17)20(24)25)26-21(28)14-8-6-13(7-9-14)19(22)23/h3-10,16H,2,11-12H2,1H3,(H3,22,23)(H3,24,25)(H,26,28)/t16-/m1/s1. The average Bonchev–Trinajstić information content (AvgIpc) is 2.72. The Morgan fingerprint density at radius 1 is 1.00 bits per heavy atom. The van der Waals surface area contributed by atoms with Gasteiger partial charge in [0.25, 0.3) is 5.91 Å². The quantitative estimate of drug-likeness (QED) is 0.225. The van der Waals surface area contributed by atoms with Crippen LogP contribution in [0.15, 0.2) is 48.5 Å². The summed E-state index contributed by atoms with van der Waals surface area (Å²) in [6.07, 6.45) is -0.0719. The Kier molecular flexibility index (Phi) is 7.92. The molecule has 158 valence electrons. The van der Waals surface area contributed by atoms with Crippen molar-refractivity contribution in [2.75, 3.05) is 13.2 Å². The molecule has 0 fully saturated rings. The summed E-state index contributed by atoms with van der Waals surface area (Å²) in [5.74, 6) is -0.595. The first-order valence-electron chi connectivity index (χ1n) is 9.28. The van der Waals surface area contributed by atoms with Crippen molar-refractivity contribution in [3.63, 3.8) is 0 Å². The molecule has 1 amide bonds. The zero-order valence-corrected chi connectivity index (χ0v) is 16.6. The maximum Gasteiger partial charge on any atom is 0.307 e. The van der Waals surface area contributed by atoms with Gasteiger partial charge in [-0.2, -0.15) is 0 Å². The number of nitrogens with two attached hydrogens (primary N) is 2. The highest BCUT2D eigenvalue weighted by Gasteiger charge is 2.19. The fourth-order valence-corrected chi connectivity index (χ4v) is 2.59. The van der Waals surface area contributed by atoms with Crippen molar-refractivity contribution in [2.24, 2.45) is 11.5 Å². The number of amidine groups is 2.